The summed E-state index contributed by atoms with van der Waals surface area (Å²) in [5, 5.41) is 5.99. The van der Waals surface area contributed by atoms with E-state index in [0.29, 0.717) is 10.8 Å². The zero-order chi connectivity index (χ0) is 14.5. The molecule has 2 amide bonds. The van der Waals surface area contributed by atoms with Crippen LogP contribution in [0.1, 0.15) is 0 Å². The molecule has 3 rings (SSSR count). The van der Waals surface area contributed by atoms with Crippen molar-refractivity contribution in [3.8, 4) is 10.4 Å². The first-order valence-electron chi connectivity index (χ1n) is 6.30. The third kappa shape index (κ3) is 3.43. The van der Waals surface area contributed by atoms with Gasteiger partial charge in [0.2, 0.25) is 0 Å². The van der Waals surface area contributed by atoms with Crippen LogP contribution in [0, 0.1) is 0 Å². The zero-order valence-electron chi connectivity index (χ0n) is 11.0. The molecule has 6 heteroatoms. The molecule has 0 aliphatic carbocycles. The summed E-state index contributed by atoms with van der Waals surface area (Å²) in [5.74, 6) is 0. The van der Waals surface area contributed by atoms with Crippen molar-refractivity contribution in [3.05, 3.63) is 61.1 Å². The molecule has 0 aliphatic heterocycles. The first-order chi connectivity index (χ1) is 10.3. The molecule has 0 unspecified atom stereocenters. The van der Waals surface area contributed by atoms with Crippen LogP contribution in [0.15, 0.2) is 61.1 Å². The van der Waals surface area contributed by atoms with Crippen LogP contribution in [0.4, 0.5) is 15.6 Å². The number of pyridine rings is 1. The van der Waals surface area contributed by atoms with E-state index in [1.807, 2.05) is 30.3 Å². The number of benzene rings is 1. The number of anilines is 2. The lowest BCUT2D eigenvalue weighted by Gasteiger charge is -2.04. The highest BCUT2D eigenvalue weighted by Gasteiger charge is 2.07. The van der Waals surface area contributed by atoms with E-state index in [1.54, 1.807) is 30.7 Å². The molecule has 2 heterocycles. The molecular formula is C15H12N4OS. The monoisotopic (exact) mass is 296 g/mol. The lowest BCUT2D eigenvalue weighted by Crippen LogP contribution is -2.19. The minimum Gasteiger partial charge on any atom is -0.308 e. The van der Waals surface area contributed by atoms with E-state index >= 15 is 0 Å². The van der Waals surface area contributed by atoms with Gasteiger partial charge >= 0.3 is 6.03 Å². The largest absolute Gasteiger partial charge is 0.325 e. The maximum absolute atomic E-state index is 11.9. The maximum atomic E-state index is 11.9. The smallest absolute Gasteiger partial charge is 0.308 e. The van der Waals surface area contributed by atoms with Crippen LogP contribution in [0.2, 0.25) is 0 Å². The Bertz CT molecular complexity index is 728. The predicted molar refractivity (Wildman–Crippen MR) is 84.4 cm³/mol. The van der Waals surface area contributed by atoms with Gasteiger partial charge in [0, 0.05) is 24.3 Å². The average molecular weight is 296 g/mol. The van der Waals surface area contributed by atoms with Crippen LogP contribution in [0.25, 0.3) is 10.4 Å². The number of nitrogens with zero attached hydrogens (tertiary/aromatic N) is 2. The molecule has 0 saturated heterocycles. The summed E-state index contributed by atoms with van der Waals surface area (Å²) in [4.78, 5) is 21.0. The molecule has 21 heavy (non-hydrogen) atoms. The molecule has 0 saturated carbocycles. The van der Waals surface area contributed by atoms with Gasteiger partial charge < -0.3 is 5.32 Å². The van der Waals surface area contributed by atoms with Crippen LogP contribution in [-0.2, 0) is 0 Å². The minimum absolute atomic E-state index is 0.324. The number of hydrogen-bond acceptors (Lipinski definition) is 4. The number of carbonyl (C=O) groups excluding carboxylic acids is 1. The fourth-order valence-corrected chi connectivity index (χ4v) is 2.58. The molecule has 0 radical (unpaired) electrons. The number of rotatable bonds is 3. The molecule has 0 bridgehead atoms. The van der Waals surface area contributed by atoms with Gasteiger partial charge in [0.05, 0.1) is 4.88 Å². The molecular weight excluding hydrogens is 284 g/mol. The summed E-state index contributed by atoms with van der Waals surface area (Å²) in [6.45, 7) is 0. The van der Waals surface area contributed by atoms with E-state index in [1.165, 1.54) is 11.3 Å². The molecule has 2 aromatic heterocycles. The maximum Gasteiger partial charge on any atom is 0.325 e. The van der Waals surface area contributed by atoms with E-state index in [-0.39, 0.29) is 6.03 Å². The van der Waals surface area contributed by atoms with Gasteiger partial charge in [0.25, 0.3) is 0 Å². The SMILES string of the molecule is O=C(Nc1ccncc1)Nc1ncc(-c2ccccc2)s1. The van der Waals surface area contributed by atoms with Crippen LogP contribution < -0.4 is 10.6 Å². The number of nitrogens with one attached hydrogen (secondary N) is 2. The number of carbonyl (C=O) groups is 1. The van der Waals surface area contributed by atoms with Crippen molar-refractivity contribution >= 4 is 28.2 Å². The second-order valence-electron chi connectivity index (χ2n) is 4.21. The van der Waals surface area contributed by atoms with Crippen LogP contribution in [0.3, 0.4) is 0 Å². The van der Waals surface area contributed by atoms with Gasteiger partial charge in [-0.15, -0.1) is 0 Å². The van der Waals surface area contributed by atoms with Gasteiger partial charge in [-0.25, -0.2) is 9.78 Å². The Morgan fingerprint density at radius 3 is 2.52 bits per heavy atom. The fourth-order valence-electron chi connectivity index (χ4n) is 1.76. The van der Waals surface area contributed by atoms with E-state index in [9.17, 15) is 4.79 Å². The molecule has 1 aromatic carbocycles. The van der Waals surface area contributed by atoms with Gasteiger partial charge in [0.15, 0.2) is 5.13 Å². The van der Waals surface area contributed by atoms with Crippen LogP contribution in [0.5, 0.6) is 0 Å². The van der Waals surface area contributed by atoms with Crippen molar-refractivity contribution in [2.75, 3.05) is 10.6 Å². The molecule has 0 fully saturated rings. The van der Waals surface area contributed by atoms with E-state index in [0.717, 1.165) is 10.4 Å². The summed E-state index contributed by atoms with van der Waals surface area (Å²) in [5.41, 5.74) is 1.76. The van der Waals surface area contributed by atoms with Gasteiger partial charge in [-0.2, -0.15) is 0 Å². The number of urea groups is 1. The lowest BCUT2D eigenvalue weighted by molar-refractivity contribution is 0.262. The second kappa shape index (κ2) is 6.15. The molecule has 0 spiro atoms. The van der Waals surface area contributed by atoms with Crippen molar-refractivity contribution in [1.82, 2.24) is 9.97 Å². The Labute approximate surface area is 125 Å². The third-order valence-electron chi connectivity index (χ3n) is 2.72. The number of thiazole rings is 1. The van der Waals surface area contributed by atoms with Gasteiger partial charge in [0.1, 0.15) is 0 Å². The Morgan fingerprint density at radius 1 is 1.00 bits per heavy atom. The Hall–Kier alpha value is -2.73. The minimum atomic E-state index is -0.324. The Morgan fingerprint density at radius 2 is 1.76 bits per heavy atom. The second-order valence-corrected chi connectivity index (χ2v) is 5.24. The first-order valence-corrected chi connectivity index (χ1v) is 7.12. The van der Waals surface area contributed by atoms with Gasteiger partial charge in [-0.3, -0.25) is 10.3 Å². The van der Waals surface area contributed by atoms with Crippen LogP contribution in [-0.4, -0.2) is 16.0 Å². The Kier molecular flexibility index (Phi) is 3.88. The van der Waals surface area contributed by atoms with Crippen molar-refractivity contribution in [2.24, 2.45) is 0 Å². The normalized spacial score (nSPS) is 10.1. The quantitative estimate of drug-likeness (QED) is 0.771. The zero-order valence-corrected chi connectivity index (χ0v) is 11.8. The van der Waals surface area contributed by atoms with Gasteiger partial charge in [-0.1, -0.05) is 41.7 Å². The average Bonchev–Trinajstić information content (AvgIpc) is 2.97. The van der Waals surface area contributed by atoms with E-state index in [2.05, 4.69) is 20.6 Å². The molecule has 104 valence electrons. The summed E-state index contributed by atoms with van der Waals surface area (Å²) < 4.78 is 0. The lowest BCUT2D eigenvalue weighted by atomic mass is 10.2. The van der Waals surface area contributed by atoms with Crippen molar-refractivity contribution in [1.29, 1.82) is 0 Å². The van der Waals surface area contributed by atoms with E-state index in [4.69, 9.17) is 0 Å². The highest BCUT2D eigenvalue weighted by molar-refractivity contribution is 7.19. The van der Waals surface area contributed by atoms with Crippen molar-refractivity contribution in [3.63, 3.8) is 0 Å². The van der Waals surface area contributed by atoms with Crippen LogP contribution >= 0.6 is 11.3 Å². The molecule has 0 atom stereocenters. The third-order valence-corrected chi connectivity index (χ3v) is 3.68. The predicted octanol–water partition coefficient (Wildman–Crippen LogP) is 3.85. The number of amides is 2. The van der Waals surface area contributed by atoms with Crippen molar-refractivity contribution < 1.29 is 4.79 Å². The standard InChI is InChI=1S/C15H12N4OS/c20-14(18-12-6-8-16-9-7-12)19-15-17-10-13(21-15)11-4-2-1-3-5-11/h1-10H,(H2,16,17,18,19,20). The Balaban J connectivity index is 1.66. The molecule has 2 N–H and O–H groups in total. The highest BCUT2D eigenvalue weighted by Crippen LogP contribution is 2.28. The van der Waals surface area contributed by atoms with E-state index < -0.39 is 0 Å². The summed E-state index contributed by atoms with van der Waals surface area (Å²) in [6, 6.07) is 13.0. The molecule has 5 nitrogen and oxygen atoms in total. The fraction of sp³-hybridized carbons (Fsp3) is 0. The summed E-state index contributed by atoms with van der Waals surface area (Å²) >= 11 is 1.43. The summed E-state index contributed by atoms with van der Waals surface area (Å²) in [7, 11) is 0. The number of aromatic nitrogens is 2. The topological polar surface area (TPSA) is 66.9 Å². The summed E-state index contributed by atoms with van der Waals surface area (Å²) in [6.07, 6.45) is 4.99. The molecule has 0 aliphatic rings. The molecule has 3 aromatic rings. The highest BCUT2D eigenvalue weighted by atomic mass is 32.1. The number of hydrogen-bond donors (Lipinski definition) is 2. The van der Waals surface area contributed by atoms with Gasteiger partial charge in [-0.05, 0) is 17.7 Å². The van der Waals surface area contributed by atoms with Crippen molar-refractivity contribution in [2.45, 2.75) is 0 Å². The first kappa shape index (κ1) is 13.3.